The van der Waals surface area contributed by atoms with Gasteiger partial charge in [-0.25, -0.2) is 13.8 Å². The second-order valence-electron chi connectivity index (χ2n) is 3.84. The summed E-state index contributed by atoms with van der Waals surface area (Å²) in [5.41, 5.74) is 0.895. The first-order valence-electron chi connectivity index (χ1n) is 5.29. The Morgan fingerprint density at radius 2 is 1.94 bits per heavy atom. The smallest absolute Gasteiger partial charge is 0.329 e. The molecule has 4 nitrogen and oxygen atoms in total. The summed E-state index contributed by atoms with van der Waals surface area (Å²) in [4.78, 5) is 0. The molecule has 0 saturated carbocycles. The largest absolute Gasteiger partial charge is 1.00 e. The van der Waals surface area contributed by atoms with Crippen LogP contribution in [0.2, 0.25) is 0 Å². The molecular weight excluding hydrogens is 336 g/mol. The fourth-order valence-electron chi connectivity index (χ4n) is 2.06. The van der Waals surface area contributed by atoms with Gasteiger partial charge in [0.15, 0.2) is 0 Å². The highest BCUT2D eigenvalue weighted by atomic mass is 127. The van der Waals surface area contributed by atoms with Gasteiger partial charge in [-0.3, -0.25) is 4.57 Å². The molecule has 6 heteroatoms. The maximum atomic E-state index is 12.8. The van der Waals surface area contributed by atoms with Crippen LogP contribution < -0.4 is 34.1 Å². The molecule has 0 aliphatic heterocycles. The van der Waals surface area contributed by atoms with Gasteiger partial charge >= 0.3 is 5.57 Å². The van der Waals surface area contributed by atoms with Gasteiger partial charge in [-0.2, -0.15) is 0 Å². The number of halogens is 1. The van der Waals surface area contributed by atoms with Crippen LogP contribution in [0.4, 0.5) is 0 Å². The lowest BCUT2D eigenvalue weighted by Gasteiger charge is -2.23. The van der Waals surface area contributed by atoms with Crippen molar-refractivity contribution in [3.05, 3.63) is 12.4 Å². The number of aryl methyl sites for hydroxylation is 2. The number of rotatable bonds is 4. The topological polar surface area (TPSA) is 29.1 Å². The van der Waals surface area contributed by atoms with Gasteiger partial charge in [-0.05, 0) is 0 Å². The van der Waals surface area contributed by atoms with E-state index >= 15 is 0 Å². The average Bonchev–Trinajstić information content (AvgIpc) is 2.48. The van der Waals surface area contributed by atoms with Gasteiger partial charge in [0.05, 0.1) is 14.1 Å². The SMILES string of the molecule is CCN(CC)P(C)(=O)c1n(C)cc[n+]1C.[I-]. The molecular formula is C10H21IN3OP. The van der Waals surface area contributed by atoms with Crippen molar-refractivity contribution in [1.82, 2.24) is 9.24 Å². The van der Waals surface area contributed by atoms with Gasteiger partial charge in [-0.1, -0.05) is 13.8 Å². The first-order chi connectivity index (χ1) is 6.95. The molecule has 0 fully saturated rings. The molecule has 0 aromatic carbocycles. The number of hydrogen-bond acceptors (Lipinski definition) is 1. The molecule has 1 heterocycles. The van der Waals surface area contributed by atoms with Crippen LogP contribution in [0.5, 0.6) is 0 Å². The minimum absolute atomic E-state index is 0. The monoisotopic (exact) mass is 357 g/mol. The first kappa shape index (κ1) is 16.1. The zero-order valence-corrected chi connectivity index (χ0v) is 13.7. The van der Waals surface area contributed by atoms with E-state index in [2.05, 4.69) is 0 Å². The molecule has 94 valence electrons. The Balaban J connectivity index is 0.00000225. The van der Waals surface area contributed by atoms with Crippen LogP contribution in [-0.4, -0.2) is 29.0 Å². The molecule has 1 rings (SSSR count). The Morgan fingerprint density at radius 1 is 1.44 bits per heavy atom. The molecule has 0 aliphatic rings. The van der Waals surface area contributed by atoms with E-state index in [1.165, 1.54) is 0 Å². The van der Waals surface area contributed by atoms with Crippen molar-refractivity contribution in [1.29, 1.82) is 0 Å². The third-order valence-electron chi connectivity index (χ3n) is 2.79. The van der Waals surface area contributed by atoms with E-state index < -0.39 is 7.29 Å². The molecule has 1 aromatic heterocycles. The number of imidazole rings is 1. The number of nitrogens with zero attached hydrogens (tertiary/aromatic N) is 3. The maximum absolute atomic E-state index is 12.8. The van der Waals surface area contributed by atoms with Crippen molar-refractivity contribution in [3.8, 4) is 0 Å². The molecule has 0 bridgehead atoms. The Hall–Kier alpha value is 0.130. The van der Waals surface area contributed by atoms with Crippen molar-refractivity contribution in [2.24, 2.45) is 14.1 Å². The van der Waals surface area contributed by atoms with Crippen LogP contribution in [0.15, 0.2) is 12.4 Å². The number of hydrogen-bond donors (Lipinski definition) is 0. The minimum atomic E-state index is -2.42. The summed E-state index contributed by atoms with van der Waals surface area (Å²) >= 11 is 0. The highest BCUT2D eigenvalue weighted by molar-refractivity contribution is 7.67. The summed E-state index contributed by atoms with van der Waals surface area (Å²) in [7, 11) is 1.46. The molecule has 0 aliphatic carbocycles. The van der Waals surface area contributed by atoms with Crippen LogP contribution in [0.3, 0.4) is 0 Å². The molecule has 0 N–H and O–H groups in total. The van der Waals surface area contributed by atoms with Crippen molar-refractivity contribution in [2.75, 3.05) is 19.8 Å². The van der Waals surface area contributed by atoms with Gasteiger partial charge in [-0.15, -0.1) is 0 Å². The Bertz CT molecular complexity index is 368. The van der Waals surface area contributed by atoms with Crippen LogP contribution in [0.25, 0.3) is 0 Å². The Morgan fingerprint density at radius 3 is 2.25 bits per heavy atom. The Kier molecular flexibility index (Phi) is 6.22. The first-order valence-corrected chi connectivity index (χ1v) is 7.40. The van der Waals surface area contributed by atoms with Gasteiger partial charge in [0.1, 0.15) is 12.4 Å². The maximum Gasteiger partial charge on any atom is 0.329 e. The quantitative estimate of drug-likeness (QED) is 0.346. The van der Waals surface area contributed by atoms with E-state index in [1.807, 2.05) is 60.8 Å². The van der Waals surface area contributed by atoms with Crippen molar-refractivity contribution in [3.63, 3.8) is 0 Å². The molecule has 1 aromatic rings. The van der Waals surface area contributed by atoms with E-state index in [-0.39, 0.29) is 24.0 Å². The lowest BCUT2D eigenvalue weighted by atomic mass is 10.7. The van der Waals surface area contributed by atoms with E-state index in [4.69, 9.17) is 0 Å². The molecule has 0 spiro atoms. The third kappa shape index (κ3) is 2.87. The second kappa shape index (κ2) is 6.17. The van der Waals surface area contributed by atoms with Gasteiger partial charge < -0.3 is 24.0 Å². The highest BCUT2D eigenvalue weighted by Gasteiger charge is 2.35. The van der Waals surface area contributed by atoms with Crippen molar-refractivity contribution in [2.45, 2.75) is 13.8 Å². The van der Waals surface area contributed by atoms with Crippen LogP contribution in [0, 0.1) is 0 Å². The predicted octanol–water partition coefficient (Wildman–Crippen LogP) is -2.27. The lowest BCUT2D eigenvalue weighted by molar-refractivity contribution is -0.652. The van der Waals surface area contributed by atoms with Crippen LogP contribution in [0.1, 0.15) is 13.8 Å². The third-order valence-corrected chi connectivity index (χ3v) is 5.80. The fourth-order valence-corrected chi connectivity index (χ4v) is 4.69. The standard InChI is InChI=1S/C10H21N3OP.HI/c1-6-13(7-2)15(5,14)10-11(3)8-9-12(10)4;/h8-9H,6-7H2,1-5H3;1H/q+1;/p-1. The zero-order valence-electron chi connectivity index (χ0n) is 10.6. The summed E-state index contributed by atoms with van der Waals surface area (Å²) in [5, 5.41) is 0. The van der Waals surface area contributed by atoms with Crippen LogP contribution >= 0.6 is 7.29 Å². The average molecular weight is 357 g/mol. The highest BCUT2D eigenvalue weighted by Crippen LogP contribution is 2.42. The lowest BCUT2D eigenvalue weighted by Crippen LogP contribution is -3.00. The Labute approximate surface area is 115 Å². The van der Waals surface area contributed by atoms with Gasteiger partial charge in [0, 0.05) is 19.8 Å². The minimum Gasteiger partial charge on any atom is -1.00 e. The van der Waals surface area contributed by atoms with Gasteiger partial charge in [0.25, 0.3) is 7.29 Å². The van der Waals surface area contributed by atoms with Gasteiger partial charge in [0.2, 0.25) is 0 Å². The predicted molar refractivity (Wildman–Crippen MR) is 62.7 cm³/mol. The number of aromatic nitrogens is 2. The molecule has 0 radical (unpaired) electrons. The van der Waals surface area contributed by atoms with E-state index in [0.29, 0.717) is 0 Å². The summed E-state index contributed by atoms with van der Waals surface area (Å²) < 4.78 is 18.7. The summed E-state index contributed by atoms with van der Waals surface area (Å²) in [6, 6.07) is 0. The van der Waals surface area contributed by atoms with Crippen molar-refractivity contribution >= 4 is 12.9 Å². The van der Waals surface area contributed by atoms with E-state index in [0.717, 1.165) is 18.7 Å². The molecule has 0 amide bonds. The van der Waals surface area contributed by atoms with E-state index in [9.17, 15) is 4.57 Å². The normalized spacial score (nSPS) is 14.6. The second-order valence-corrected chi connectivity index (χ2v) is 6.56. The summed E-state index contributed by atoms with van der Waals surface area (Å²) in [5.74, 6) is 0. The molecule has 0 saturated heterocycles. The van der Waals surface area contributed by atoms with E-state index in [1.54, 1.807) is 0 Å². The zero-order chi connectivity index (χ0) is 11.6. The molecule has 1 unspecified atom stereocenters. The summed E-state index contributed by atoms with van der Waals surface area (Å²) in [6.45, 7) is 7.56. The van der Waals surface area contributed by atoms with Crippen molar-refractivity contribution < 1.29 is 33.1 Å². The molecule has 16 heavy (non-hydrogen) atoms. The summed E-state index contributed by atoms with van der Waals surface area (Å²) in [6.07, 6.45) is 3.88. The fraction of sp³-hybridized carbons (Fsp3) is 0.700. The molecule has 1 atom stereocenters. The van der Waals surface area contributed by atoms with Crippen LogP contribution in [-0.2, 0) is 18.7 Å².